The van der Waals surface area contributed by atoms with Crippen LogP contribution in [0.4, 0.5) is 4.79 Å². The van der Waals surface area contributed by atoms with Crippen molar-refractivity contribution < 1.29 is 14.7 Å². The van der Waals surface area contributed by atoms with Crippen molar-refractivity contribution in [1.82, 2.24) is 12.3 Å². The third-order valence-electron chi connectivity index (χ3n) is 1.82. The quantitative estimate of drug-likeness (QED) is 0.506. The first-order valence-corrected chi connectivity index (χ1v) is 4.41. The summed E-state index contributed by atoms with van der Waals surface area (Å²) in [5, 5.41) is 7.19. The molecule has 0 aromatic carbocycles. The van der Waals surface area contributed by atoms with Crippen LogP contribution < -0.4 is 18.0 Å². The molecule has 6 heteroatoms. The first kappa shape index (κ1) is 20.1. The molecule has 0 saturated carbocycles. The molecule has 1 rings (SSSR count). The number of carbonyl (C=O) groups excluding carboxylic acids is 1. The molecular formula is C10H23N3O3. The molecule has 0 aliphatic heterocycles. The second-order valence-corrected chi connectivity index (χ2v) is 4.31. The van der Waals surface area contributed by atoms with Crippen LogP contribution in [0.1, 0.15) is 33.6 Å². The molecule has 1 aliphatic carbocycles. The van der Waals surface area contributed by atoms with Crippen LogP contribution in [-0.4, -0.2) is 17.0 Å². The van der Waals surface area contributed by atoms with E-state index in [1.54, 1.807) is 6.08 Å². The molecule has 0 atom stereocenters. The minimum Gasteiger partial charge on any atom is -0.465 e. The summed E-state index contributed by atoms with van der Waals surface area (Å²) in [6, 6.07) is 0. The van der Waals surface area contributed by atoms with Gasteiger partial charge in [0.15, 0.2) is 5.78 Å². The third-order valence-corrected chi connectivity index (χ3v) is 1.82. The van der Waals surface area contributed by atoms with Gasteiger partial charge in [0.25, 0.3) is 0 Å². The van der Waals surface area contributed by atoms with Crippen molar-refractivity contribution in [2.75, 3.05) is 0 Å². The van der Waals surface area contributed by atoms with Crippen LogP contribution in [0.15, 0.2) is 11.6 Å². The summed E-state index contributed by atoms with van der Waals surface area (Å²) in [6.45, 7) is 6.31. The molecule has 0 heterocycles. The second kappa shape index (κ2) is 7.84. The molecule has 0 fully saturated rings. The number of allylic oxidation sites excluding steroid dienone is 2. The predicted octanol–water partition coefficient (Wildman–Crippen LogP) is 2.27. The van der Waals surface area contributed by atoms with Gasteiger partial charge in [-0.3, -0.25) is 4.79 Å². The average molecular weight is 233 g/mol. The number of carboxylic acid groups (broad SMARTS) is 1. The van der Waals surface area contributed by atoms with Crippen molar-refractivity contribution in [2.24, 2.45) is 11.1 Å². The summed E-state index contributed by atoms with van der Waals surface area (Å²) in [5.41, 5.74) is 5.46. The van der Waals surface area contributed by atoms with Crippen LogP contribution in [0.25, 0.3) is 0 Å². The number of nitrogens with two attached hydrogens (primary N) is 1. The zero-order valence-corrected chi connectivity index (χ0v) is 10.2. The van der Waals surface area contributed by atoms with Crippen molar-refractivity contribution >= 4 is 11.9 Å². The molecule has 0 aromatic rings. The monoisotopic (exact) mass is 233 g/mol. The van der Waals surface area contributed by atoms with E-state index in [1.165, 1.54) is 5.57 Å². The van der Waals surface area contributed by atoms with E-state index >= 15 is 0 Å². The van der Waals surface area contributed by atoms with Gasteiger partial charge in [-0.1, -0.05) is 19.4 Å². The van der Waals surface area contributed by atoms with E-state index in [0.29, 0.717) is 6.42 Å². The van der Waals surface area contributed by atoms with Crippen LogP contribution in [0, 0.1) is 5.41 Å². The summed E-state index contributed by atoms with van der Waals surface area (Å²) in [6.07, 6.45) is 2.22. The number of carbonyl (C=O) groups is 2. The van der Waals surface area contributed by atoms with E-state index in [0.717, 1.165) is 6.42 Å². The SMILES string of the molecule is CC1=CC(=O)CC(C)(C)C1.N.N.NC(=O)O. The number of hydrogen-bond acceptors (Lipinski definition) is 4. The first-order valence-electron chi connectivity index (χ1n) is 4.41. The molecule has 0 spiro atoms. The Morgan fingerprint density at radius 2 is 1.75 bits per heavy atom. The lowest BCUT2D eigenvalue weighted by molar-refractivity contribution is -0.117. The molecule has 6 nitrogen and oxygen atoms in total. The van der Waals surface area contributed by atoms with E-state index in [4.69, 9.17) is 9.90 Å². The Hall–Kier alpha value is -1.40. The highest BCUT2D eigenvalue weighted by Gasteiger charge is 2.25. The molecule has 0 radical (unpaired) electrons. The van der Waals surface area contributed by atoms with Crippen molar-refractivity contribution in [2.45, 2.75) is 33.6 Å². The lowest BCUT2D eigenvalue weighted by atomic mass is 9.77. The van der Waals surface area contributed by atoms with Gasteiger partial charge in [-0.25, -0.2) is 4.79 Å². The zero-order valence-electron chi connectivity index (χ0n) is 10.2. The maximum atomic E-state index is 11.0. The van der Waals surface area contributed by atoms with Crippen LogP contribution in [0.3, 0.4) is 0 Å². The Bertz CT molecular complexity index is 268. The summed E-state index contributed by atoms with van der Waals surface area (Å²) in [4.78, 5) is 19.8. The van der Waals surface area contributed by atoms with E-state index in [9.17, 15) is 4.79 Å². The molecular weight excluding hydrogens is 210 g/mol. The fourth-order valence-electron chi connectivity index (χ4n) is 1.67. The summed E-state index contributed by atoms with van der Waals surface area (Å²) in [5.74, 6) is 0.286. The minimum absolute atomic E-state index is 0. The Morgan fingerprint density at radius 3 is 2.00 bits per heavy atom. The standard InChI is InChI=1S/C9H14O.CH3NO2.2H3N/c1-7-4-8(10)6-9(2,3)5-7;2-1(3)4;;/h4H,5-6H2,1-3H3;2H2,(H,3,4);2*1H3. The van der Waals surface area contributed by atoms with Gasteiger partial charge in [0.2, 0.25) is 0 Å². The van der Waals surface area contributed by atoms with Gasteiger partial charge in [0, 0.05) is 6.42 Å². The van der Waals surface area contributed by atoms with Crippen LogP contribution >= 0.6 is 0 Å². The summed E-state index contributed by atoms with van der Waals surface area (Å²) in [7, 11) is 0. The minimum atomic E-state index is -1.33. The molecule has 0 unspecified atom stereocenters. The van der Waals surface area contributed by atoms with Crippen molar-refractivity contribution in [3.05, 3.63) is 11.6 Å². The molecule has 0 bridgehead atoms. The summed E-state index contributed by atoms with van der Waals surface area (Å²) >= 11 is 0. The molecule has 9 N–H and O–H groups in total. The van der Waals surface area contributed by atoms with Crippen LogP contribution in [-0.2, 0) is 4.79 Å². The van der Waals surface area contributed by atoms with E-state index < -0.39 is 6.09 Å². The number of amides is 1. The molecule has 0 saturated heterocycles. The highest BCUT2D eigenvalue weighted by Crippen LogP contribution is 2.32. The fraction of sp³-hybridized carbons (Fsp3) is 0.600. The largest absolute Gasteiger partial charge is 0.465 e. The topological polar surface area (TPSA) is 150 Å². The van der Waals surface area contributed by atoms with Crippen molar-refractivity contribution in [1.29, 1.82) is 0 Å². The zero-order chi connectivity index (χ0) is 11.4. The molecule has 0 aromatic heterocycles. The highest BCUT2D eigenvalue weighted by molar-refractivity contribution is 5.91. The van der Waals surface area contributed by atoms with Gasteiger partial charge in [0.1, 0.15) is 0 Å². The number of hydrogen-bond donors (Lipinski definition) is 4. The number of rotatable bonds is 0. The van der Waals surface area contributed by atoms with Crippen molar-refractivity contribution in [3.63, 3.8) is 0 Å². The molecule has 1 aliphatic rings. The van der Waals surface area contributed by atoms with Gasteiger partial charge in [-0.15, -0.1) is 0 Å². The second-order valence-electron chi connectivity index (χ2n) is 4.31. The van der Waals surface area contributed by atoms with Gasteiger partial charge >= 0.3 is 6.09 Å². The predicted molar refractivity (Wildman–Crippen MR) is 64.0 cm³/mol. The Morgan fingerprint density at radius 1 is 1.38 bits per heavy atom. The molecule has 96 valence electrons. The Labute approximate surface area is 96.1 Å². The molecule has 16 heavy (non-hydrogen) atoms. The average Bonchev–Trinajstić information content (AvgIpc) is 1.76. The lowest BCUT2D eigenvalue weighted by Gasteiger charge is -2.27. The van der Waals surface area contributed by atoms with Gasteiger partial charge in [0.05, 0.1) is 0 Å². The molecule has 1 amide bonds. The van der Waals surface area contributed by atoms with E-state index in [1.807, 2.05) is 6.92 Å². The number of primary amides is 1. The third kappa shape index (κ3) is 10.7. The number of ketones is 1. The maximum absolute atomic E-state index is 11.0. The Balaban J connectivity index is -0.000000249. The van der Waals surface area contributed by atoms with E-state index in [2.05, 4.69) is 19.6 Å². The normalized spacial score (nSPS) is 16.7. The van der Waals surface area contributed by atoms with Crippen LogP contribution in [0.2, 0.25) is 0 Å². The van der Waals surface area contributed by atoms with E-state index in [-0.39, 0.29) is 23.5 Å². The smallest absolute Gasteiger partial charge is 0.402 e. The first-order chi connectivity index (χ1) is 6.23. The summed E-state index contributed by atoms with van der Waals surface area (Å²) < 4.78 is 0. The lowest BCUT2D eigenvalue weighted by Crippen LogP contribution is -2.20. The van der Waals surface area contributed by atoms with Crippen LogP contribution in [0.5, 0.6) is 0 Å². The maximum Gasteiger partial charge on any atom is 0.402 e. The van der Waals surface area contributed by atoms with Gasteiger partial charge in [-0.2, -0.15) is 0 Å². The fourth-order valence-corrected chi connectivity index (χ4v) is 1.67. The Kier molecular flexibility index (Phi) is 9.83. The van der Waals surface area contributed by atoms with Gasteiger partial charge < -0.3 is 23.1 Å². The van der Waals surface area contributed by atoms with Crippen molar-refractivity contribution in [3.8, 4) is 0 Å². The van der Waals surface area contributed by atoms with Gasteiger partial charge in [-0.05, 0) is 24.8 Å². The highest BCUT2D eigenvalue weighted by atomic mass is 16.4.